The first-order valence-corrected chi connectivity index (χ1v) is 7.44. The first-order valence-electron chi connectivity index (χ1n) is 7.44. The van der Waals surface area contributed by atoms with Crippen molar-refractivity contribution in [2.24, 2.45) is 5.73 Å². The molecule has 0 fully saturated rings. The fourth-order valence-electron chi connectivity index (χ4n) is 3.36. The van der Waals surface area contributed by atoms with Crippen LogP contribution >= 0.6 is 0 Å². The summed E-state index contributed by atoms with van der Waals surface area (Å²) in [7, 11) is 0. The summed E-state index contributed by atoms with van der Waals surface area (Å²) < 4.78 is 2.03. The Balaban J connectivity index is 1.93. The van der Waals surface area contributed by atoms with Crippen molar-refractivity contribution in [1.82, 2.24) is 14.8 Å². The van der Waals surface area contributed by atoms with E-state index < -0.39 is 0 Å². The summed E-state index contributed by atoms with van der Waals surface area (Å²) in [5.41, 5.74) is 9.06. The van der Waals surface area contributed by atoms with Crippen molar-refractivity contribution in [2.45, 2.75) is 44.6 Å². The van der Waals surface area contributed by atoms with Gasteiger partial charge in [-0.15, -0.1) is 0 Å². The molecule has 4 nitrogen and oxygen atoms in total. The summed E-state index contributed by atoms with van der Waals surface area (Å²) in [6.45, 7) is 3.76. The molecule has 20 heavy (non-hydrogen) atoms. The lowest BCUT2D eigenvalue weighted by Gasteiger charge is -2.28. The molecule has 3 rings (SSSR count). The molecule has 106 valence electrons. The quantitative estimate of drug-likeness (QED) is 0.905. The third-order valence-corrected chi connectivity index (χ3v) is 4.48. The maximum atomic E-state index is 6.17. The second-order valence-electron chi connectivity index (χ2n) is 5.72. The van der Waals surface area contributed by atoms with E-state index in [1.54, 1.807) is 6.33 Å². The second-order valence-corrected chi connectivity index (χ2v) is 5.72. The maximum Gasteiger partial charge on any atom is 0.138 e. The normalized spacial score (nSPS) is 21.1. The topological polar surface area (TPSA) is 56.7 Å². The number of hydrogen-bond donors (Lipinski definition) is 1. The highest BCUT2D eigenvalue weighted by atomic mass is 15.3. The van der Waals surface area contributed by atoms with Crippen molar-refractivity contribution in [1.29, 1.82) is 0 Å². The van der Waals surface area contributed by atoms with E-state index in [1.807, 2.05) is 4.68 Å². The van der Waals surface area contributed by atoms with Crippen molar-refractivity contribution in [3.05, 3.63) is 47.5 Å². The molecule has 1 unspecified atom stereocenters. The zero-order valence-corrected chi connectivity index (χ0v) is 12.0. The van der Waals surface area contributed by atoms with Gasteiger partial charge in [-0.05, 0) is 30.4 Å². The number of aryl methyl sites for hydroxylation is 2. The van der Waals surface area contributed by atoms with E-state index in [9.17, 15) is 0 Å². The maximum absolute atomic E-state index is 6.17. The number of hydrogen-bond acceptors (Lipinski definition) is 3. The Labute approximate surface area is 120 Å². The van der Waals surface area contributed by atoms with E-state index in [4.69, 9.17) is 5.73 Å². The predicted octanol–water partition coefficient (Wildman–Crippen LogP) is 2.07. The van der Waals surface area contributed by atoms with Gasteiger partial charge in [-0.3, -0.25) is 4.68 Å². The highest BCUT2D eigenvalue weighted by molar-refractivity contribution is 5.40. The fraction of sp³-hybridized carbons (Fsp3) is 0.500. The highest BCUT2D eigenvalue weighted by Gasteiger charge is 2.38. The molecular formula is C16H22N4. The second kappa shape index (κ2) is 5.37. The lowest BCUT2D eigenvalue weighted by molar-refractivity contribution is 0.406. The molecular weight excluding hydrogens is 248 g/mol. The zero-order valence-electron chi connectivity index (χ0n) is 12.0. The Morgan fingerprint density at radius 1 is 1.35 bits per heavy atom. The average Bonchev–Trinajstić information content (AvgIpc) is 3.06. The van der Waals surface area contributed by atoms with Crippen molar-refractivity contribution >= 4 is 0 Å². The standard InChI is InChI=1S/C16H22N4/c1-2-9-20-15(18-12-19-20)10-16(11-17)8-7-13-5-3-4-6-14(13)16/h3-6,12H,2,7-11,17H2,1H3. The Morgan fingerprint density at radius 2 is 2.20 bits per heavy atom. The van der Waals surface area contributed by atoms with Crippen LogP contribution in [0, 0.1) is 0 Å². The monoisotopic (exact) mass is 270 g/mol. The number of benzene rings is 1. The molecule has 0 bridgehead atoms. The number of aromatic nitrogens is 3. The summed E-state index contributed by atoms with van der Waals surface area (Å²) in [5.74, 6) is 1.06. The molecule has 2 N–H and O–H groups in total. The van der Waals surface area contributed by atoms with Gasteiger partial charge < -0.3 is 5.73 Å². The smallest absolute Gasteiger partial charge is 0.138 e. The molecule has 1 aliphatic rings. The summed E-state index contributed by atoms with van der Waals surface area (Å²) in [6.07, 6.45) is 5.86. The van der Waals surface area contributed by atoms with Crippen LogP contribution in [0.3, 0.4) is 0 Å². The van der Waals surface area contributed by atoms with Gasteiger partial charge in [0.15, 0.2) is 0 Å². The number of nitrogens with zero attached hydrogens (tertiary/aromatic N) is 3. The largest absolute Gasteiger partial charge is 0.330 e. The van der Waals surface area contributed by atoms with Crippen LogP contribution in [0.15, 0.2) is 30.6 Å². The molecule has 0 saturated heterocycles. The zero-order chi connectivity index (χ0) is 14.0. The van der Waals surface area contributed by atoms with E-state index in [0.29, 0.717) is 6.54 Å². The summed E-state index contributed by atoms with van der Waals surface area (Å²) >= 11 is 0. The van der Waals surface area contributed by atoms with Crippen LogP contribution in [0.5, 0.6) is 0 Å². The number of rotatable bonds is 5. The van der Waals surface area contributed by atoms with Gasteiger partial charge in [-0.2, -0.15) is 5.10 Å². The minimum absolute atomic E-state index is 0.0368. The third-order valence-electron chi connectivity index (χ3n) is 4.48. The van der Waals surface area contributed by atoms with Crippen LogP contribution < -0.4 is 5.73 Å². The third kappa shape index (κ3) is 2.14. The van der Waals surface area contributed by atoms with E-state index in [-0.39, 0.29) is 5.41 Å². The Morgan fingerprint density at radius 3 is 3.00 bits per heavy atom. The van der Waals surface area contributed by atoms with Crippen molar-refractivity contribution in [3.8, 4) is 0 Å². The van der Waals surface area contributed by atoms with Gasteiger partial charge in [0.1, 0.15) is 12.2 Å². The Kier molecular flexibility index (Phi) is 3.57. The summed E-state index contributed by atoms with van der Waals surface area (Å²) in [4.78, 5) is 4.46. The molecule has 0 amide bonds. The van der Waals surface area contributed by atoms with E-state index in [0.717, 1.165) is 38.1 Å². The van der Waals surface area contributed by atoms with E-state index in [2.05, 4.69) is 41.3 Å². The van der Waals surface area contributed by atoms with Gasteiger partial charge in [0.25, 0.3) is 0 Å². The summed E-state index contributed by atoms with van der Waals surface area (Å²) in [6, 6.07) is 8.69. The summed E-state index contributed by atoms with van der Waals surface area (Å²) in [5, 5.41) is 4.33. The van der Waals surface area contributed by atoms with E-state index >= 15 is 0 Å². The molecule has 0 aliphatic heterocycles. The van der Waals surface area contributed by atoms with E-state index in [1.165, 1.54) is 11.1 Å². The van der Waals surface area contributed by atoms with Crippen molar-refractivity contribution in [2.75, 3.05) is 6.54 Å². The van der Waals surface area contributed by atoms with Gasteiger partial charge in [-0.1, -0.05) is 31.2 Å². The van der Waals surface area contributed by atoms with Gasteiger partial charge in [-0.25, -0.2) is 4.98 Å². The SMILES string of the molecule is CCCn1ncnc1CC1(CN)CCc2ccccc21. The highest BCUT2D eigenvalue weighted by Crippen LogP contribution is 2.40. The van der Waals surface area contributed by atoms with Crippen LogP contribution in [-0.4, -0.2) is 21.3 Å². The molecule has 2 aromatic rings. The van der Waals surface area contributed by atoms with Crippen LogP contribution in [0.25, 0.3) is 0 Å². The van der Waals surface area contributed by atoms with Crippen LogP contribution in [0.1, 0.15) is 36.7 Å². The van der Waals surface area contributed by atoms with Gasteiger partial charge in [0.2, 0.25) is 0 Å². The number of fused-ring (bicyclic) bond motifs is 1. The minimum Gasteiger partial charge on any atom is -0.330 e. The van der Waals surface area contributed by atoms with Gasteiger partial charge in [0, 0.05) is 24.9 Å². The first kappa shape index (κ1) is 13.3. The molecule has 0 spiro atoms. The van der Waals surface area contributed by atoms with Crippen molar-refractivity contribution < 1.29 is 0 Å². The first-order chi connectivity index (χ1) is 9.79. The molecule has 0 radical (unpaired) electrons. The average molecular weight is 270 g/mol. The molecule has 1 aliphatic carbocycles. The molecule has 4 heteroatoms. The lowest BCUT2D eigenvalue weighted by atomic mass is 9.78. The van der Waals surface area contributed by atoms with Crippen LogP contribution in [0.4, 0.5) is 0 Å². The molecule has 0 saturated carbocycles. The number of nitrogens with two attached hydrogens (primary N) is 1. The van der Waals surface area contributed by atoms with Crippen LogP contribution in [0.2, 0.25) is 0 Å². The molecule has 1 aromatic carbocycles. The molecule has 1 atom stereocenters. The lowest BCUT2D eigenvalue weighted by Crippen LogP contribution is -2.36. The van der Waals surface area contributed by atoms with Gasteiger partial charge in [0.05, 0.1) is 0 Å². The van der Waals surface area contributed by atoms with Crippen molar-refractivity contribution in [3.63, 3.8) is 0 Å². The Hall–Kier alpha value is -1.68. The predicted molar refractivity (Wildman–Crippen MR) is 79.5 cm³/mol. The Bertz CT molecular complexity index is 590. The molecule has 1 aromatic heterocycles. The molecule has 1 heterocycles. The minimum atomic E-state index is 0.0368. The van der Waals surface area contributed by atoms with Crippen LogP contribution in [-0.2, 0) is 24.8 Å². The fourth-order valence-corrected chi connectivity index (χ4v) is 3.36. The van der Waals surface area contributed by atoms with Gasteiger partial charge >= 0.3 is 0 Å².